The minimum absolute atomic E-state index is 0.0903. The van der Waals surface area contributed by atoms with E-state index in [0.29, 0.717) is 12.0 Å². The molecule has 0 aromatic carbocycles. The van der Waals surface area contributed by atoms with Crippen molar-refractivity contribution >= 4 is 5.78 Å². The Labute approximate surface area is 68.8 Å². The fourth-order valence-electron chi connectivity index (χ4n) is 0.673. The van der Waals surface area contributed by atoms with Crippen LogP contribution < -0.4 is 0 Å². The summed E-state index contributed by atoms with van der Waals surface area (Å²) in [5, 5.41) is 0. The lowest BCUT2D eigenvalue weighted by Crippen LogP contribution is -2.16. The molecular weight excluding hydrogens is 136 g/mol. The maximum absolute atomic E-state index is 11.2. The Bertz CT molecular complexity index is 182. The van der Waals surface area contributed by atoms with Gasteiger partial charge in [-0.3, -0.25) is 4.79 Å². The second kappa shape index (κ2) is 3.51. The summed E-state index contributed by atoms with van der Waals surface area (Å²) in [5.41, 5.74) is 0.567. The predicted octanol–water partition coefficient (Wildman–Crippen LogP) is 2.73. The number of Topliss-reactive ketones (excluding diaryl/α,β-unsaturated/α-hetero) is 1. The third-order valence-corrected chi connectivity index (χ3v) is 1.57. The number of carbonyl (C=O) groups excluding carboxylic acids is 1. The second-order valence-corrected chi connectivity index (χ2v) is 3.64. The maximum atomic E-state index is 11.2. The molecule has 1 nitrogen and oxygen atoms in total. The summed E-state index contributed by atoms with van der Waals surface area (Å²) in [6, 6.07) is 0. The molecule has 0 aliphatic carbocycles. The summed E-state index contributed by atoms with van der Waals surface area (Å²) in [7, 11) is 0. The van der Waals surface area contributed by atoms with E-state index in [1.54, 1.807) is 6.08 Å². The summed E-state index contributed by atoms with van der Waals surface area (Å²) < 4.78 is 0. The van der Waals surface area contributed by atoms with Crippen LogP contribution in [0.4, 0.5) is 0 Å². The van der Waals surface area contributed by atoms with Gasteiger partial charge in [0.2, 0.25) is 0 Å². The van der Waals surface area contributed by atoms with E-state index in [1.165, 1.54) is 0 Å². The standard InChI is InChI=1S/C10H16O/c1-6-7-9(11)8(2)10(3,4)5/h6H,1-2,7H2,3-5H3. The molecular formula is C10H16O. The van der Waals surface area contributed by atoms with Crippen molar-refractivity contribution < 1.29 is 4.79 Å². The lowest BCUT2D eigenvalue weighted by molar-refractivity contribution is -0.115. The fourth-order valence-corrected chi connectivity index (χ4v) is 0.673. The highest BCUT2D eigenvalue weighted by atomic mass is 16.1. The largest absolute Gasteiger partial charge is 0.294 e. The Kier molecular flexibility index (Phi) is 3.24. The molecule has 0 amide bonds. The van der Waals surface area contributed by atoms with E-state index in [-0.39, 0.29) is 11.2 Å². The van der Waals surface area contributed by atoms with E-state index in [0.717, 1.165) is 0 Å². The average molecular weight is 152 g/mol. The normalized spacial score (nSPS) is 10.8. The summed E-state index contributed by atoms with van der Waals surface area (Å²) >= 11 is 0. The number of allylic oxidation sites excluding steroid dienone is 2. The van der Waals surface area contributed by atoms with Crippen molar-refractivity contribution in [3.8, 4) is 0 Å². The van der Waals surface area contributed by atoms with Gasteiger partial charge in [0.25, 0.3) is 0 Å². The van der Waals surface area contributed by atoms with Crippen LogP contribution in [0.25, 0.3) is 0 Å². The van der Waals surface area contributed by atoms with Crippen molar-refractivity contribution in [2.45, 2.75) is 27.2 Å². The molecule has 0 bridgehead atoms. The van der Waals surface area contributed by atoms with E-state index in [9.17, 15) is 4.79 Å². The van der Waals surface area contributed by atoms with Crippen LogP contribution in [0.3, 0.4) is 0 Å². The van der Waals surface area contributed by atoms with Gasteiger partial charge in [-0.15, -0.1) is 6.58 Å². The summed E-state index contributed by atoms with van der Waals surface area (Å²) in [4.78, 5) is 11.2. The zero-order valence-corrected chi connectivity index (χ0v) is 7.61. The minimum atomic E-state index is -0.111. The van der Waals surface area contributed by atoms with Gasteiger partial charge in [0, 0.05) is 6.42 Å². The first-order chi connectivity index (χ1) is 4.89. The van der Waals surface area contributed by atoms with Crippen LogP contribution in [0.15, 0.2) is 24.8 Å². The maximum Gasteiger partial charge on any atom is 0.162 e. The van der Waals surface area contributed by atoms with Gasteiger partial charge in [0.1, 0.15) is 0 Å². The Morgan fingerprint density at radius 1 is 1.45 bits per heavy atom. The minimum Gasteiger partial charge on any atom is -0.294 e. The number of rotatable bonds is 3. The first-order valence-electron chi connectivity index (χ1n) is 3.73. The highest BCUT2D eigenvalue weighted by Crippen LogP contribution is 2.24. The molecule has 0 saturated heterocycles. The van der Waals surface area contributed by atoms with Crippen molar-refractivity contribution in [2.24, 2.45) is 5.41 Å². The third kappa shape index (κ3) is 3.17. The lowest BCUT2D eigenvalue weighted by Gasteiger charge is -2.19. The van der Waals surface area contributed by atoms with Crippen LogP contribution in [0, 0.1) is 5.41 Å². The van der Waals surface area contributed by atoms with Crippen molar-refractivity contribution in [3.05, 3.63) is 24.8 Å². The molecule has 11 heavy (non-hydrogen) atoms. The molecule has 0 rings (SSSR count). The van der Waals surface area contributed by atoms with Crippen molar-refractivity contribution in [1.82, 2.24) is 0 Å². The Hall–Kier alpha value is -0.850. The van der Waals surface area contributed by atoms with Gasteiger partial charge < -0.3 is 0 Å². The quantitative estimate of drug-likeness (QED) is 0.449. The number of ketones is 1. The molecule has 0 aromatic rings. The predicted molar refractivity (Wildman–Crippen MR) is 48.4 cm³/mol. The number of hydrogen-bond donors (Lipinski definition) is 0. The van der Waals surface area contributed by atoms with Crippen LogP contribution in [0.2, 0.25) is 0 Å². The Morgan fingerprint density at radius 3 is 2.18 bits per heavy atom. The summed E-state index contributed by atoms with van der Waals surface area (Å²) in [6.45, 7) is 13.2. The highest BCUT2D eigenvalue weighted by molar-refractivity contribution is 5.96. The smallest absolute Gasteiger partial charge is 0.162 e. The van der Waals surface area contributed by atoms with Gasteiger partial charge >= 0.3 is 0 Å². The highest BCUT2D eigenvalue weighted by Gasteiger charge is 2.19. The average Bonchev–Trinajstić information content (AvgIpc) is 1.85. The van der Waals surface area contributed by atoms with E-state index in [1.807, 2.05) is 20.8 Å². The van der Waals surface area contributed by atoms with Crippen LogP contribution >= 0.6 is 0 Å². The molecule has 0 radical (unpaired) electrons. The zero-order valence-electron chi connectivity index (χ0n) is 7.61. The van der Waals surface area contributed by atoms with Gasteiger partial charge in [0.05, 0.1) is 0 Å². The molecule has 0 aliphatic rings. The monoisotopic (exact) mass is 152 g/mol. The van der Waals surface area contributed by atoms with Crippen LogP contribution in [0.1, 0.15) is 27.2 Å². The van der Waals surface area contributed by atoms with Gasteiger partial charge in [0.15, 0.2) is 5.78 Å². The molecule has 0 aromatic heterocycles. The summed E-state index contributed by atoms with van der Waals surface area (Å²) in [5.74, 6) is 0.0903. The lowest BCUT2D eigenvalue weighted by atomic mass is 9.84. The molecule has 0 saturated carbocycles. The zero-order chi connectivity index (χ0) is 9.07. The van der Waals surface area contributed by atoms with E-state index < -0.39 is 0 Å². The van der Waals surface area contributed by atoms with Gasteiger partial charge in [-0.05, 0) is 11.0 Å². The topological polar surface area (TPSA) is 17.1 Å². The molecule has 0 heterocycles. The molecule has 0 fully saturated rings. The number of hydrogen-bond acceptors (Lipinski definition) is 1. The molecule has 1 heteroatoms. The van der Waals surface area contributed by atoms with E-state index in [4.69, 9.17) is 0 Å². The molecule has 0 atom stereocenters. The third-order valence-electron chi connectivity index (χ3n) is 1.57. The van der Waals surface area contributed by atoms with Crippen molar-refractivity contribution in [3.63, 3.8) is 0 Å². The molecule has 62 valence electrons. The Balaban J connectivity index is 4.26. The van der Waals surface area contributed by atoms with Crippen molar-refractivity contribution in [2.75, 3.05) is 0 Å². The van der Waals surface area contributed by atoms with Gasteiger partial charge in [-0.1, -0.05) is 33.4 Å². The van der Waals surface area contributed by atoms with Crippen LogP contribution in [0.5, 0.6) is 0 Å². The fraction of sp³-hybridized carbons (Fsp3) is 0.500. The SMILES string of the molecule is C=CCC(=O)C(=C)C(C)(C)C. The summed E-state index contributed by atoms with van der Waals surface area (Å²) in [6.07, 6.45) is 2.01. The van der Waals surface area contributed by atoms with Gasteiger partial charge in [-0.2, -0.15) is 0 Å². The molecule has 0 spiro atoms. The Morgan fingerprint density at radius 2 is 1.91 bits per heavy atom. The number of carbonyl (C=O) groups is 1. The van der Waals surface area contributed by atoms with Crippen LogP contribution in [-0.4, -0.2) is 5.78 Å². The molecule has 0 N–H and O–H groups in total. The second-order valence-electron chi connectivity index (χ2n) is 3.64. The van der Waals surface area contributed by atoms with Crippen molar-refractivity contribution in [1.29, 1.82) is 0 Å². The first-order valence-corrected chi connectivity index (χ1v) is 3.73. The van der Waals surface area contributed by atoms with E-state index in [2.05, 4.69) is 13.2 Å². The van der Waals surface area contributed by atoms with Gasteiger partial charge in [-0.25, -0.2) is 0 Å². The molecule has 0 aliphatic heterocycles. The van der Waals surface area contributed by atoms with E-state index >= 15 is 0 Å². The van der Waals surface area contributed by atoms with Crippen LogP contribution in [-0.2, 0) is 4.79 Å². The first kappa shape index (κ1) is 10.2. The molecule has 0 unspecified atom stereocenters.